The first-order chi connectivity index (χ1) is 11.2. The Balaban J connectivity index is 1.76. The van der Waals surface area contributed by atoms with Crippen molar-refractivity contribution < 1.29 is 19.4 Å². The zero-order valence-corrected chi connectivity index (χ0v) is 14.8. The molecular weight excluding hydrogens is 316 g/mol. The molecule has 0 unspecified atom stereocenters. The van der Waals surface area contributed by atoms with E-state index in [0.29, 0.717) is 31.6 Å². The largest absolute Gasteiger partial charge is 0.394 e. The standard InChI is InChI=1S/C16H30N2O4S/c1-23-14-4-2-3-13(11-14)18-15(20)17-12-16(22-10-7-19)5-8-21-9-6-16/h13-14,19H,2-12H2,1H3,(H2,17,18,20)/t13-,14+/m0/s1. The number of hydrogen-bond acceptors (Lipinski definition) is 5. The number of hydrogen-bond donors (Lipinski definition) is 3. The SMILES string of the molecule is CS[C@@H]1CCC[C@H](NC(=O)NCC2(OCCO)CCOCC2)C1. The molecule has 1 saturated carbocycles. The van der Waals surface area contributed by atoms with Crippen LogP contribution in [-0.2, 0) is 9.47 Å². The number of nitrogens with one attached hydrogen (secondary N) is 2. The second-order valence-corrected chi connectivity index (χ2v) is 7.55. The molecule has 2 fully saturated rings. The molecule has 1 saturated heterocycles. The van der Waals surface area contributed by atoms with Gasteiger partial charge in [0.2, 0.25) is 0 Å². The summed E-state index contributed by atoms with van der Waals surface area (Å²) in [5, 5.41) is 15.7. The first-order valence-electron chi connectivity index (χ1n) is 8.57. The first-order valence-corrected chi connectivity index (χ1v) is 9.86. The second kappa shape index (κ2) is 9.71. The summed E-state index contributed by atoms with van der Waals surface area (Å²) in [4.78, 5) is 12.2. The number of thioether (sulfide) groups is 1. The molecule has 134 valence electrons. The third-order valence-corrected chi connectivity index (χ3v) is 5.86. The lowest BCUT2D eigenvalue weighted by Crippen LogP contribution is -2.52. The highest BCUT2D eigenvalue weighted by atomic mass is 32.2. The minimum absolute atomic E-state index is 0.00699. The van der Waals surface area contributed by atoms with E-state index in [4.69, 9.17) is 14.6 Å². The molecule has 3 N–H and O–H groups in total. The van der Waals surface area contributed by atoms with Crippen molar-refractivity contribution in [3.8, 4) is 0 Å². The van der Waals surface area contributed by atoms with E-state index in [1.807, 2.05) is 11.8 Å². The van der Waals surface area contributed by atoms with Gasteiger partial charge in [-0.1, -0.05) is 6.42 Å². The lowest BCUT2D eigenvalue weighted by atomic mass is 9.93. The second-order valence-electron chi connectivity index (χ2n) is 6.42. The molecule has 2 aliphatic rings. The summed E-state index contributed by atoms with van der Waals surface area (Å²) in [7, 11) is 0. The van der Waals surface area contributed by atoms with Crippen LogP contribution in [0.15, 0.2) is 0 Å². The van der Waals surface area contributed by atoms with Gasteiger partial charge in [0.1, 0.15) is 0 Å². The van der Waals surface area contributed by atoms with Crippen LogP contribution in [0.3, 0.4) is 0 Å². The van der Waals surface area contributed by atoms with Gasteiger partial charge in [-0.2, -0.15) is 11.8 Å². The Labute approximate surface area is 143 Å². The van der Waals surface area contributed by atoms with Gasteiger partial charge in [0.15, 0.2) is 0 Å². The molecule has 2 atom stereocenters. The van der Waals surface area contributed by atoms with Gasteiger partial charge in [-0.15, -0.1) is 0 Å². The van der Waals surface area contributed by atoms with Crippen LogP contribution in [0.25, 0.3) is 0 Å². The molecular formula is C16H30N2O4S. The van der Waals surface area contributed by atoms with Crippen LogP contribution in [0.2, 0.25) is 0 Å². The quantitative estimate of drug-likeness (QED) is 0.651. The summed E-state index contributed by atoms with van der Waals surface area (Å²) in [6, 6.07) is 0.153. The Morgan fingerprint density at radius 1 is 1.39 bits per heavy atom. The predicted molar refractivity (Wildman–Crippen MR) is 91.9 cm³/mol. The Bertz CT molecular complexity index is 364. The number of ether oxygens (including phenoxy) is 2. The molecule has 2 amide bonds. The third-order valence-electron chi connectivity index (χ3n) is 4.77. The zero-order chi connectivity index (χ0) is 16.5. The van der Waals surface area contributed by atoms with Gasteiger partial charge in [-0.25, -0.2) is 4.79 Å². The number of amides is 2. The number of aliphatic hydroxyl groups is 1. The van der Waals surface area contributed by atoms with Gasteiger partial charge in [-0.3, -0.25) is 0 Å². The number of rotatable bonds is 7. The van der Waals surface area contributed by atoms with Crippen LogP contribution < -0.4 is 10.6 Å². The Morgan fingerprint density at radius 2 is 2.17 bits per heavy atom. The maximum Gasteiger partial charge on any atom is 0.315 e. The fraction of sp³-hybridized carbons (Fsp3) is 0.938. The van der Waals surface area contributed by atoms with Gasteiger partial charge < -0.3 is 25.2 Å². The summed E-state index contributed by atoms with van der Waals surface area (Å²) >= 11 is 1.89. The smallest absolute Gasteiger partial charge is 0.315 e. The van der Waals surface area contributed by atoms with Crippen LogP contribution in [0, 0.1) is 0 Å². The minimum Gasteiger partial charge on any atom is -0.394 e. The molecule has 2 rings (SSSR count). The van der Waals surface area contributed by atoms with Gasteiger partial charge in [0, 0.05) is 43.9 Å². The Kier molecular flexibility index (Phi) is 7.95. The van der Waals surface area contributed by atoms with E-state index in [2.05, 4.69) is 16.9 Å². The predicted octanol–water partition coefficient (Wildman–Crippen LogP) is 1.52. The topological polar surface area (TPSA) is 79.8 Å². The van der Waals surface area contributed by atoms with Gasteiger partial charge in [-0.05, 0) is 25.5 Å². The first kappa shape index (κ1) is 18.8. The van der Waals surface area contributed by atoms with E-state index in [-0.39, 0.29) is 18.7 Å². The molecule has 1 aliphatic carbocycles. The van der Waals surface area contributed by atoms with E-state index < -0.39 is 5.60 Å². The zero-order valence-electron chi connectivity index (χ0n) is 14.0. The molecule has 1 aliphatic heterocycles. The monoisotopic (exact) mass is 346 g/mol. The third kappa shape index (κ3) is 6.14. The number of carbonyl (C=O) groups excluding carboxylic acids is 1. The summed E-state index contributed by atoms with van der Waals surface area (Å²) in [5.74, 6) is 0. The average molecular weight is 346 g/mol. The van der Waals surface area contributed by atoms with Crippen LogP contribution in [0.5, 0.6) is 0 Å². The van der Waals surface area contributed by atoms with Crippen LogP contribution in [-0.4, -0.2) is 67.3 Å². The molecule has 7 heteroatoms. The number of carbonyl (C=O) groups is 1. The molecule has 0 aromatic heterocycles. The average Bonchev–Trinajstić information content (AvgIpc) is 2.59. The minimum atomic E-state index is -0.410. The van der Waals surface area contributed by atoms with Crippen molar-refractivity contribution in [3.63, 3.8) is 0 Å². The molecule has 1 heterocycles. The van der Waals surface area contributed by atoms with Crippen LogP contribution in [0.4, 0.5) is 4.79 Å². The summed E-state index contributed by atoms with van der Waals surface area (Å²) in [5.41, 5.74) is -0.410. The fourth-order valence-electron chi connectivity index (χ4n) is 3.35. The molecule has 0 bridgehead atoms. The maximum absolute atomic E-state index is 12.2. The summed E-state index contributed by atoms with van der Waals surface area (Å²) < 4.78 is 11.2. The molecule has 0 radical (unpaired) electrons. The maximum atomic E-state index is 12.2. The number of urea groups is 1. The molecule has 23 heavy (non-hydrogen) atoms. The van der Waals surface area contributed by atoms with Gasteiger partial charge in [0.05, 0.1) is 18.8 Å². The number of aliphatic hydroxyl groups excluding tert-OH is 1. The van der Waals surface area contributed by atoms with Gasteiger partial charge >= 0.3 is 6.03 Å². The molecule has 0 aromatic rings. The van der Waals surface area contributed by atoms with Crippen LogP contribution >= 0.6 is 11.8 Å². The van der Waals surface area contributed by atoms with E-state index >= 15 is 0 Å². The van der Waals surface area contributed by atoms with Crippen molar-refractivity contribution in [3.05, 3.63) is 0 Å². The molecule has 0 spiro atoms. The Morgan fingerprint density at radius 3 is 2.87 bits per heavy atom. The van der Waals surface area contributed by atoms with E-state index in [0.717, 1.165) is 25.7 Å². The van der Waals surface area contributed by atoms with Crippen molar-refractivity contribution in [2.75, 3.05) is 39.2 Å². The Hall–Kier alpha value is -0.500. The molecule has 6 nitrogen and oxygen atoms in total. The van der Waals surface area contributed by atoms with Crippen molar-refractivity contribution in [2.45, 2.75) is 55.4 Å². The normalized spacial score (nSPS) is 27.4. The van der Waals surface area contributed by atoms with Crippen LogP contribution in [0.1, 0.15) is 38.5 Å². The highest BCUT2D eigenvalue weighted by Gasteiger charge is 2.34. The van der Waals surface area contributed by atoms with E-state index in [9.17, 15) is 4.79 Å². The van der Waals surface area contributed by atoms with E-state index in [1.165, 1.54) is 12.8 Å². The highest BCUT2D eigenvalue weighted by molar-refractivity contribution is 7.99. The summed E-state index contributed by atoms with van der Waals surface area (Å²) in [6.45, 7) is 2.01. The van der Waals surface area contributed by atoms with Crippen molar-refractivity contribution in [1.29, 1.82) is 0 Å². The van der Waals surface area contributed by atoms with E-state index in [1.54, 1.807) is 0 Å². The molecule has 0 aromatic carbocycles. The summed E-state index contributed by atoms with van der Waals surface area (Å²) in [6.07, 6.45) is 8.16. The lowest BCUT2D eigenvalue weighted by molar-refractivity contribution is -0.114. The van der Waals surface area contributed by atoms with Crippen molar-refractivity contribution >= 4 is 17.8 Å². The van der Waals surface area contributed by atoms with Crippen molar-refractivity contribution in [2.24, 2.45) is 0 Å². The van der Waals surface area contributed by atoms with Crippen molar-refractivity contribution in [1.82, 2.24) is 10.6 Å². The lowest BCUT2D eigenvalue weighted by Gasteiger charge is -2.37. The fourth-order valence-corrected chi connectivity index (χ4v) is 4.17. The van der Waals surface area contributed by atoms with Gasteiger partial charge in [0.25, 0.3) is 0 Å². The highest BCUT2D eigenvalue weighted by Crippen LogP contribution is 2.27.